The van der Waals surface area contributed by atoms with Gasteiger partial charge in [0.25, 0.3) is 5.97 Å². The number of rotatable bonds is 13. The Hall–Kier alpha value is -4.82. The summed E-state index contributed by atoms with van der Waals surface area (Å²) in [6.07, 6.45) is -0.431. The number of amides is 4. The minimum atomic E-state index is -1.34. The van der Waals surface area contributed by atoms with E-state index in [1.807, 2.05) is 0 Å². The molecule has 15 nitrogen and oxygen atoms in total. The molecule has 0 saturated carbocycles. The second-order valence-electron chi connectivity index (χ2n) is 8.63. The van der Waals surface area contributed by atoms with Crippen molar-refractivity contribution in [3.8, 4) is 0 Å². The van der Waals surface area contributed by atoms with Crippen LogP contribution in [-0.2, 0) is 33.6 Å². The average Bonchev–Trinajstić information content (AvgIpc) is 2.88. The SMILES string of the molecule is CC(=O)N[C@@H](CC(=O)O)C(=O)NCC(=O)NC(C(=O)NCC(=O)c1ccccc1)C(C)C.CC(=O)O.CCC(=O)O. The molecule has 7 N–H and O–H groups in total. The summed E-state index contributed by atoms with van der Waals surface area (Å²) in [5.74, 6) is -6.20. The Labute approximate surface area is 237 Å². The number of carbonyl (C=O) groups is 8. The van der Waals surface area contributed by atoms with Crippen LogP contribution in [0.5, 0.6) is 0 Å². The second-order valence-corrected chi connectivity index (χ2v) is 8.63. The number of carbonyl (C=O) groups excluding carboxylic acids is 5. The highest BCUT2D eigenvalue weighted by molar-refractivity contribution is 6.00. The number of ketones is 1. The van der Waals surface area contributed by atoms with Gasteiger partial charge in [0.15, 0.2) is 5.78 Å². The van der Waals surface area contributed by atoms with Gasteiger partial charge >= 0.3 is 11.9 Å². The lowest BCUT2D eigenvalue weighted by atomic mass is 10.0. The largest absolute Gasteiger partial charge is 0.481 e. The molecular weight excluding hydrogens is 544 g/mol. The maximum absolute atomic E-state index is 12.5. The summed E-state index contributed by atoms with van der Waals surface area (Å²) in [7, 11) is 0. The molecule has 0 aliphatic rings. The quantitative estimate of drug-likeness (QED) is 0.150. The van der Waals surface area contributed by atoms with Crippen molar-refractivity contribution in [3.63, 3.8) is 0 Å². The Kier molecular flexibility index (Phi) is 19.7. The van der Waals surface area contributed by atoms with Crippen molar-refractivity contribution in [1.82, 2.24) is 21.3 Å². The average molecular weight is 583 g/mol. The van der Waals surface area contributed by atoms with E-state index in [9.17, 15) is 33.6 Å². The van der Waals surface area contributed by atoms with Gasteiger partial charge in [0.2, 0.25) is 23.6 Å². The lowest BCUT2D eigenvalue weighted by molar-refractivity contribution is -0.140. The molecular formula is C26H38N4O11. The van der Waals surface area contributed by atoms with Gasteiger partial charge in [-0.3, -0.25) is 38.4 Å². The van der Waals surface area contributed by atoms with Crippen molar-refractivity contribution in [2.75, 3.05) is 13.1 Å². The van der Waals surface area contributed by atoms with E-state index in [4.69, 9.17) is 20.1 Å². The van der Waals surface area contributed by atoms with E-state index in [-0.39, 0.29) is 24.7 Å². The van der Waals surface area contributed by atoms with E-state index in [0.717, 1.165) is 13.8 Å². The van der Waals surface area contributed by atoms with Gasteiger partial charge < -0.3 is 36.6 Å². The molecule has 1 unspecified atom stereocenters. The van der Waals surface area contributed by atoms with Gasteiger partial charge in [-0.05, 0) is 5.92 Å². The van der Waals surface area contributed by atoms with Gasteiger partial charge in [-0.2, -0.15) is 0 Å². The van der Waals surface area contributed by atoms with E-state index in [1.165, 1.54) is 0 Å². The van der Waals surface area contributed by atoms with Gasteiger partial charge in [0.1, 0.15) is 12.1 Å². The Bertz CT molecular complexity index is 1040. The molecule has 1 aromatic rings. The lowest BCUT2D eigenvalue weighted by Gasteiger charge is -2.22. The molecule has 41 heavy (non-hydrogen) atoms. The summed E-state index contributed by atoms with van der Waals surface area (Å²) in [5.41, 5.74) is 0.440. The molecule has 0 aromatic heterocycles. The van der Waals surface area contributed by atoms with Crippen LogP contribution in [0.2, 0.25) is 0 Å². The first-order valence-corrected chi connectivity index (χ1v) is 12.3. The lowest BCUT2D eigenvalue weighted by Crippen LogP contribution is -2.54. The third-order valence-corrected chi connectivity index (χ3v) is 4.58. The van der Waals surface area contributed by atoms with Crippen LogP contribution < -0.4 is 21.3 Å². The molecule has 2 atom stereocenters. The maximum atomic E-state index is 12.5. The molecule has 0 radical (unpaired) electrons. The molecule has 4 amide bonds. The minimum Gasteiger partial charge on any atom is -0.481 e. The van der Waals surface area contributed by atoms with Crippen LogP contribution in [0.4, 0.5) is 0 Å². The van der Waals surface area contributed by atoms with Crippen LogP contribution >= 0.6 is 0 Å². The Morgan fingerprint density at radius 1 is 0.756 bits per heavy atom. The van der Waals surface area contributed by atoms with Crippen molar-refractivity contribution < 1.29 is 53.7 Å². The summed E-state index contributed by atoms with van der Waals surface area (Å²) in [4.78, 5) is 89.3. The zero-order chi connectivity index (χ0) is 32.1. The predicted octanol–water partition coefficient (Wildman–Crippen LogP) is -0.206. The molecule has 0 saturated heterocycles. The van der Waals surface area contributed by atoms with Crippen LogP contribution in [0.25, 0.3) is 0 Å². The van der Waals surface area contributed by atoms with Crippen LogP contribution in [0.15, 0.2) is 30.3 Å². The van der Waals surface area contributed by atoms with Gasteiger partial charge in [-0.25, -0.2) is 0 Å². The number of aliphatic carboxylic acids is 3. The van der Waals surface area contributed by atoms with Gasteiger partial charge in [0.05, 0.1) is 19.5 Å². The molecule has 0 aliphatic heterocycles. The highest BCUT2D eigenvalue weighted by atomic mass is 16.4. The topological polar surface area (TPSA) is 245 Å². The Morgan fingerprint density at radius 3 is 1.66 bits per heavy atom. The van der Waals surface area contributed by atoms with E-state index >= 15 is 0 Å². The number of carboxylic acids is 3. The standard InChI is InChI=1S/C21H28N4O7.C3H6O2.C2H4O2/c1-12(2)19(21(32)22-10-16(27)14-7-5-4-6-8-14)25-17(28)11-23-20(31)15(9-18(29)30)24-13(3)26;1-2-3(4)5;1-2(3)4/h4-8,12,15,19H,9-11H2,1-3H3,(H,22,32)(H,23,31)(H,24,26)(H,25,28)(H,29,30);2H2,1H3,(H,4,5);1H3,(H,3,4)/t15-,19?;;/m0../s1. The molecule has 0 spiro atoms. The third-order valence-electron chi connectivity index (χ3n) is 4.58. The molecule has 0 aliphatic carbocycles. The van der Waals surface area contributed by atoms with Crippen molar-refractivity contribution in [3.05, 3.63) is 35.9 Å². The maximum Gasteiger partial charge on any atom is 0.305 e. The number of carboxylic acid groups (broad SMARTS) is 3. The molecule has 228 valence electrons. The van der Waals surface area contributed by atoms with Gasteiger partial charge in [-0.1, -0.05) is 51.1 Å². The van der Waals surface area contributed by atoms with Crippen molar-refractivity contribution in [2.45, 2.75) is 59.5 Å². The van der Waals surface area contributed by atoms with Gasteiger partial charge in [-0.15, -0.1) is 0 Å². The summed E-state index contributed by atoms with van der Waals surface area (Å²) in [5, 5.41) is 33.4. The normalized spacial score (nSPS) is 11.1. The number of hydrogen-bond acceptors (Lipinski definition) is 8. The Balaban J connectivity index is 0. The Morgan fingerprint density at radius 2 is 1.24 bits per heavy atom. The summed E-state index contributed by atoms with van der Waals surface area (Å²) in [6.45, 7) is 6.43. The molecule has 1 aromatic carbocycles. The first-order chi connectivity index (χ1) is 19.0. The number of benzene rings is 1. The monoisotopic (exact) mass is 582 g/mol. The number of hydrogen-bond donors (Lipinski definition) is 7. The zero-order valence-corrected chi connectivity index (χ0v) is 23.6. The van der Waals surface area contributed by atoms with Crippen LogP contribution in [-0.4, -0.2) is 87.8 Å². The minimum absolute atomic E-state index is 0.222. The van der Waals surface area contributed by atoms with Crippen LogP contribution in [0.1, 0.15) is 57.8 Å². The molecule has 0 fully saturated rings. The van der Waals surface area contributed by atoms with Gasteiger partial charge in [0, 0.05) is 25.8 Å². The highest BCUT2D eigenvalue weighted by Gasteiger charge is 2.26. The van der Waals surface area contributed by atoms with Crippen LogP contribution in [0.3, 0.4) is 0 Å². The van der Waals surface area contributed by atoms with Crippen molar-refractivity contribution in [2.24, 2.45) is 5.92 Å². The fraction of sp³-hybridized carbons (Fsp3) is 0.462. The van der Waals surface area contributed by atoms with Crippen molar-refractivity contribution in [1.29, 1.82) is 0 Å². The number of nitrogens with one attached hydrogen (secondary N) is 4. The highest BCUT2D eigenvalue weighted by Crippen LogP contribution is 2.03. The van der Waals surface area contributed by atoms with E-state index in [2.05, 4.69) is 21.3 Å². The summed E-state index contributed by atoms with van der Waals surface area (Å²) < 4.78 is 0. The summed E-state index contributed by atoms with van der Waals surface area (Å²) >= 11 is 0. The molecule has 15 heteroatoms. The fourth-order valence-corrected chi connectivity index (χ4v) is 2.68. The van der Waals surface area contributed by atoms with E-state index in [0.29, 0.717) is 5.56 Å². The molecule has 0 bridgehead atoms. The van der Waals surface area contributed by atoms with Crippen molar-refractivity contribution >= 4 is 47.3 Å². The second kappa shape index (κ2) is 21.1. The third kappa shape index (κ3) is 20.8. The molecule has 1 rings (SSSR count). The first-order valence-electron chi connectivity index (χ1n) is 12.3. The van der Waals surface area contributed by atoms with E-state index in [1.54, 1.807) is 51.1 Å². The van der Waals surface area contributed by atoms with E-state index < -0.39 is 66.6 Å². The molecule has 0 heterocycles. The fourth-order valence-electron chi connectivity index (χ4n) is 2.68. The zero-order valence-electron chi connectivity index (χ0n) is 23.6. The van der Waals surface area contributed by atoms with Crippen LogP contribution in [0, 0.1) is 5.92 Å². The smallest absolute Gasteiger partial charge is 0.305 e. The number of Topliss-reactive ketones (excluding diaryl/α,β-unsaturated/α-hetero) is 1. The predicted molar refractivity (Wildman–Crippen MR) is 145 cm³/mol. The first kappa shape index (κ1) is 38.3. The summed E-state index contributed by atoms with van der Waals surface area (Å²) in [6, 6.07) is 6.10.